The summed E-state index contributed by atoms with van der Waals surface area (Å²) >= 11 is 4.85. The van der Waals surface area contributed by atoms with Gasteiger partial charge in [0.25, 0.3) is 0 Å². The average molecular weight is 288 g/mol. The lowest BCUT2D eigenvalue weighted by atomic mass is 10.3. The molecule has 8 heteroatoms. The summed E-state index contributed by atoms with van der Waals surface area (Å²) in [5, 5.41) is 2.92. The van der Waals surface area contributed by atoms with Crippen LogP contribution in [0.3, 0.4) is 0 Å². The lowest BCUT2D eigenvalue weighted by Gasteiger charge is -2.13. The molecule has 100 valence electrons. The number of nitrogens with zero attached hydrogens (tertiary/aromatic N) is 2. The van der Waals surface area contributed by atoms with Gasteiger partial charge >= 0.3 is 0 Å². The highest BCUT2D eigenvalue weighted by atomic mass is 32.2. The zero-order chi connectivity index (χ0) is 13.9. The Labute approximate surface area is 112 Å². The van der Waals surface area contributed by atoms with Crippen molar-refractivity contribution in [2.45, 2.75) is 19.9 Å². The second kappa shape index (κ2) is 5.57. The Morgan fingerprint density at radius 2 is 2.17 bits per heavy atom. The molecule has 0 spiro atoms. The minimum atomic E-state index is -3.05. The van der Waals surface area contributed by atoms with Gasteiger partial charge in [-0.3, -0.25) is 0 Å². The molecule has 0 amide bonds. The lowest BCUT2D eigenvalue weighted by Crippen LogP contribution is -2.26. The van der Waals surface area contributed by atoms with Crippen molar-refractivity contribution in [3.05, 3.63) is 17.5 Å². The maximum absolute atomic E-state index is 11.2. The van der Waals surface area contributed by atoms with Crippen molar-refractivity contribution in [2.75, 3.05) is 17.3 Å². The summed E-state index contributed by atoms with van der Waals surface area (Å²) in [6.45, 7) is 3.53. The fourth-order valence-electron chi connectivity index (χ4n) is 1.48. The molecule has 0 aliphatic carbocycles. The van der Waals surface area contributed by atoms with Gasteiger partial charge in [-0.1, -0.05) is 12.2 Å². The van der Waals surface area contributed by atoms with E-state index < -0.39 is 9.84 Å². The van der Waals surface area contributed by atoms with E-state index in [0.717, 1.165) is 0 Å². The molecule has 1 atom stereocenters. The molecular weight excluding hydrogens is 272 g/mol. The maximum Gasteiger partial charge on any atom is 0.223 e. The van der Waals surface area contributed by atoms with Crippen LogP contribution in [0.5, 0.6) is 0 Å². The van der Waals surface area contributed by atoms with E-state index >= 15 is 0 Å². The largest absolute Gasteiger partial charge is 0.388 e. The van der Waals surface area contributed by atoms with Crippen LogP contribution in [0, 0.1) is 6.92 Å². The molecule has 0 aliphatic rings. The number of hydrogen-bond donors (Lipinski definition) is 2. The van der Waals surface area contributed by atoms with Crippen molar-refractivity contribution < 1.29 is 8.42 Å². The van der Waals surface area contributed by atoms with Crippen molar-refractivity contribution in [2.24, 2.45) is 5.73 Å². The first-order chi connectivity index (χ1) is 8.17. The van der Waals surface area contributed by atoms with E-state index in [-0.39, 0.29) is 16.8 Å². The zero-order valence-corrected chi connectivity index (χ0v) is 12.1. The summed E-state index contributed by atoms with van der Waals surface area (Å²) < 4.78 is 22.3. The van der Waals surface area contributed by atoms with Crippen molar-refractivity contribution >= 4 is 33.0 Å². The number of hydrogen-bond acceptors (Lipinski definition) is 6. The van der Waals surface area contributed by atoms with Crippen LogP contribution < -0.4 is 11.1 Å². The molecule has 1 aromatic heterocycles. The Hall–Kier alpha value is -1.28. The first-order valence-corrected chi connectivity index (χ1v) is 7.74. The standard InChI is InChI=1S/C10H16N4O2S2/c1-6-4-8(9(11)17)14-10(12-6)13-7(2)5-18(3,15)16/h4,7H,5H2,1-3H3,(H2,11,17)(H,12,13,14). The van der Waals surface area contributed by atoms with Crippen molar-refractivity contribution in [3.8, 4) is 0 Å². The Kier molecular flexibility index (Phi) is 4.58. The van der Waals surface area contributed by atoms with E-state index in [1.807, 2.05) is 0 Å². The molecule has 1 unspecified atom stereocenters. The molecule has 1 heterocycles. The average Bonchev–Trinajstić information content (AvgIpc) is 2.12. The molecular formula is C10H16N4O2S2. The van der Waals surface area contributed by atoms with Crippen LogP contribution in [0.15, 0.2) is 6.07 Å². The molecule has 1 rings (SSSR count). The van der Waals surface area contributed by atoms with Crippen molar-refractivity contribution in [1.82, 2.24) is 9.97 Å². The van der Waals surface area contributed by atoms with Gasteiger partial charge in [0.15, 0.2) is 0 Å². The Morgan fingerprint density at radius 3 is 2.67 bits per heavy atom. The third-order valence-corrected chi connectivity index (χ3v) is 3.35. The molecule has 18 heavy (non-hydrogen) atoms. The van der Waals surface area contributed by atoms with E-state index in [1.54, 1.807) is 19.9 Å². The monoisotopic (exact) mass is 288 g/mol. The highest BCUT2D eigenvalue weighted by molar-refractivity contribution is 7.90. The topological polar surface area (TPSA) is 98.0 Å². The molecule has 3 N–H and O–H groups in total. The van der Waals surface area contributed by atoms with Crippen molar-refractivity contribution in [3.63, 3.8) is 0 Å². The van der Waals surface area contributed by atoms with Crippen LogP contribution in [-0.2, 0) is 9.84 Å². The summed E-state index contributed by atoms with van der Waals surface area (Å²) in [7, 11) is -3.05. The van der Waals surface area contributed by atoms with E-state index in [0.29, 0.717) is 17.3 Å². The van der Waals surface area contributed by atoms with Gasteiger partial charge < -0.3 is 11.1 Å². The number of nitrogens with two attached hydrogens (primary N) is 1. The second-order valence-electron chi connectivity index (χ2n) is 4.22. The SMILES string of the molecule is Cc1cc(C(N)=S)nc(NC(C)CS(C)(=O)=O)n1. The van der Waals surface area contributed by atoms with Crippen molar-refractivity contribution in [1.29, 1.82) is 0 Å². The molecule has 0 aromatic carbocycles. The fourth-order valence-corrected chi connectivity index (χ4v) is 2.57. The van der Waals surface area contributed by atoms with Gasteiger partial charge in [-0.25, -0.2) is 18.4 Å². The second-order valence-corrected chi connectivity index (χ2v) is 6.84. The number of thiocarbonyl (C=S) groups is 1. The molecule has 0 saturated carbocycles. The van der Waals surface area contributed by atoms with Gasteiger partial charge in [0.2, 0.25) is 5.95 Å². The molecule has 1 aromatic rings. The van der Waals surface area contributed by atoms with Crippen LogP contribution in [0.4, 0.5) is 5.95 Å². The first kappa shape index (κ1) is 14.8. The number of aryl methyl sites for hydroxylation is 1. The Balaban J connectivity index is 2.88. The molecule has 0 saturated heterocycles. The number of anilines is 1. The molecule has 6 nitrogen and oxygen atoms in total. The molecule has 0 bridgehead atoms. The highest BCUT2D eigenvalue weighted by Crippen LogP contribution is 2.07. The number of sulfone groups is 1. The van der Waals surface area contributed by atoms with Crippen LogP contribution in [0.25, 0.3) is 0 Å². The maximum atomic E-state index is 11.2. The minimum absolute atomic E-state index is 0.00665. The van der Waals surface area contributed by atoms with E-state index in [9.17, 15) is 8.42 Å². The quantitative estimate of drug-likeness (QED) is 0.750. The van der Waals surface area contributed by atoms with Crippen LogP contribution in [0.2, 0.25) is 0 Å². The number of rotatable bonds is 5. The molecule has 0 aliphatic heterocycles. The summed E-state index contributed by atoms with van der Waals surface area (Å²) in [6, 6.07) is 1.38. The van der Waals surface area contributed by atoms with E-state index in [1.165, 1.54) is 6.26 Å². The predicted molar refractivity (Wildman–Crippen MR) is 75.5 cm³/mol. The number of aromatic nitrogens is 2. The van der Waals surface area contributed by atoms with E-state index in [4.69, 9.17) is 18.0 Å². The van der Waals surface area contributed by atoms with Gasteiger partial charge in [0, 0.05) is 18.0 Å². The molecule has 0 radical (unpaired) electrons. The van der Waals surface area contributed by atoms with Gasteiger partial charge in [-0.15, -0.1) is 0 Å². The number of nitrogens with one attached hydrogen (secondary N) is 1. The smallest absolute Gasteiger partial charge is 0.223 e. The lowest BCUT2D eigenvalue weighted by molar-refractivity contribution is 0.597. The summed E-state index contributed by atoms with van der Waals surface area (Å²) in [5.74, 6) is 0.334. The normalized spacial score (nSPS) is 13.1. The zero-order valence-electron chi connectivity index (χ0n) is 10.5. The van der Waals surface area contributed by atoms with Gasteiger partial charge in [0.05, 0.1) is 5.75 Å². The Morgan fingerprint density at radius 1 is 1.56 bits per heavy atom. The van der Waals surface area contributed by atoms with E-state index in [2.05, 4.69) is 15.3 Å². The Bertz CT molecular complexity index is 557. The fraction of sp³-hybridized carbons (Fsp3) is 0.500. The van der Waals surface area contributed by atoms with Gasteiger partial charge in [-0.05, 0) is 19.9 Å². The van der Waals surface area contributed by atoms with Crippen LogP contribution in [-0.4, -0.2) is 41.4 Å². The van der Waals surface area contributed by atoms with Gasteiger partial charge in [0.1, 0.15) is 20.5 Å². The van der Waals surface area contributed by atoms with Crippen LogP contribution >= 0.6 is 12.2 Å². The summed E-state index contributed by atoms with van der Waals surface area (Å²) in [4.78, 5) is 8.45. The summed E-state index contributed by atoms with van der Waals surface area (Å²) in [6.07, 6.45) is 1.18. The minimum Gasteiger partial charge on any atom is -0.388 e. The molecule has 0 fully saturated rings. The predicted octanol–water partition coefficient (Wildman–Crippen LogP) is 0.264. The summed E-state index contributed by atoms with van der Waals surface area (Å²) in [5.41, 5.74) is 6.68. The first-order valence-electron chi connectivity index (χ1n) is 5.27. The van der Waals surface area contributed by atoms with Gasteiger partial charge in [-0.2, -0.15) is 0 Å². The third-order valence-electron chi connectivity index (χ3n) is 2.03. The van der Waals surface area contributed by atoms with Crippen LogP contribution in [0.1, 0.15) is 18.3 Å². The highest BCUT2D eigenvalue weighted by Gasteiger charge is 2.12. The third kappa shape index (κ3) is 4.92.